The largest absolute Gasteiger partial charge is 0.385 e. The minimum atomic E-state index is 0.0621. The highest BCUT2D eigenvalue weighted by molar-refractivity contribution is 5.45. The lowest BCUT2D eigenvalue weighted by Gasteiger charge is -2.02. The van der Waals surface area contributed by atoms with Crippen molar-refractivity contribution in [2.45, 2.75) is 13.3 Å². The molecule has 1 aromatic carbocycles. The molecule has 1 rings (SSSR count). The molecular formula is C9H12NO. The van der Waals surface area contributed by atoms with Crippen LogP contribution in [0.15, 0.2) is 24.3 Å². The van der Waals surface area contributed by atoms with Crippen LogP contribution in [-0.4, -0.2) is 6.54 Å². The van der Waals surface area contributed by atoms with Crippen molar-refractivity contribution in [3.8, 4) is 5.75 Å². The molecule has 1 N–H and O–H groups in total. The molecule has 0 aliphatic heterocycles. The molecule has 0 unspecified atom stereocenters. The Morgan fingerprint density at radius 2 is 1.91 bits per heavy atom. The Labute approximate surface area is 66.9 Å². The number of nitrogens with one attached hydrogen (secondary N) is 1. The smallest absolute Gasteiger partial charge is 0.178 e. The Morgan fingerprint density at radius 3 is 2.45 bits per heavy atom. The summed E-state index contributed by atoms with van der Waals surface area (Å²) < 4.78 is 0. The molecule has 0 amide bonds. The fourth-order valence-corrected chi connectivity index (χ4v) is 0.842. The lowest BCUT2D eigenvalue weighted by molar-refractivity contribution is 0.355. The first-order valence-corrected chi connectivity index (χ1v) is 3.84. The molecule has 1 aromatic rings. The molecule has 0 saturated carbocycles. The van der Waals surface area contributed by atoms with E-state index in [2.05, 4.69) is 12.2 Å². The Kier molecular flexibility index (Phi) is 2.78. The first kappa shape index (κ1) is 7.92. The fraction of sp³-hybridized carbons (Fsp3) is 0.333. The van der Waals surface area contributed by atoms with Crippen molar-refractivity contribution in [3.63, 3.8) is 0 Å². The Hall–Kier alpha value is -1.18. The van der Waals surface area contributed by atoms with E-state index in [1.807, 2.05) is 0 Å². The van der Waals surface area contributed by atoms with Crippen LogP contribution < -0.4 is 5.32 Å². The quantitative estimate of drug-likeness (QED) is 0.705. The topological polar surface area (TPSA) is 31.9 Å². The van der Waals surface area contributed by atoms with Gasteiger partial charge in [-0.25, -0.2) is 0 Å². The average Bonchev–Trinajstić information content (AvgIpc) is 2.04. The average molecular weight is 150 g/mol. The highest BCUT2D eigenvalue weighted by Crippen LogP contribution is 2.13. The third kappa shape index (κ3) is 2.50. The molecule has 59 valence electrons. The summed E-state index contributed by atoms with van der Waals surface area (Å²) in [5.74, 6) is 0.0621. The third-order valence-corrected chi connectivity index (χ3v) is 1.43. The van der Waals surface area contributed by atoms with Crippen molar-refractivity contribution in [3.05, 3.63) is 24.3 Å². The number of benzene rings is 1. The van der Waals surface area contributed by atoms with E-state index in [9.17, 15) is 5.11 Å². The van der Waals surface area contributed by atoms with Crippen LogP contribution in [0.4, 0.5) is 5.69 Å². The van der Waals surface area contributed by atoms with E-state index in [-0.39, 0.29) is 5.75 Å². The van der Waals surface area contributed by atoms with Crippen LogP contribution in [0, 0.1) is 0 Å². The molecular weight excluding hydrogens is 138 g/mol. The number of rotatable bonds is 3. The van der Waals surface area contributed by atoms with Crippen LogP contribution in [0.3, 0.4) is 0 Å². The van der Waals surface area contributed by atoms with Gasteiger partial charge < -0.3 is 5.32 Å². The second kappa shape index (κ2) is 3.86. The molecule has 2 heteroatoms. The second-order valence-electron chi connectivity index (χ2n) is 2.45. The lowest BCUT2D eigenvalue weighted by atomic mass is 10.3. The van der Waals surface area contributed by atoms with Gasteiger partial charge in [0.1, 0.15) is 0 Å². The highest BCUT2D eigenvalue weighted by Gasteiger charge is 1.90. The molecule has 0 aliphatic rings. The maximum absolute atomic E-state index is 10.7. The standard InChI is InChI=1S/C9H12NO/c1-2-7-10-8-3-5-9(11)6-4-8/h3-6,10H,2,7H2,1H3. The van der Waals surface area contributed by atoms with Gasteiger partial charge in [-0.2, -0.15) is 0 Å². The molecule has 2 nitrogen and oxygen atoms in total. The normalized spacial score (nSPS) is 9.55. The van der Waals surface area contributed by atoms with Crippen LogP contribution in [-0.2, 0) is 5.11 Å². The SMILES string of the molecule is CCCNc1ccc([O])cc1. The van der Waals surface area contributed by atoms with Crippen LogP contribution in [0.5, 0.6) is 5.75 Å². The van der Waals surface area contributed by atoms with E-state index in [1.165, 1.54) is 0 Å². The van der Waals surface area contributed by atoms with E-state index in [0.29, 0.717) is 0 Å². The van der Waals surface area contributed by atoms with E-state index in [0.717, 1.165) is 18.7 Å². The van der Waals surface area contributed by atoms with Crippen molar-refractivity contribution in [2.24, 2.45) is 0 Å². The van der Waals surface area contributed by atoms with E-state index in [4.69, 9.17) is 0 Å². The molecule has 0 spiro atoms. The summed E-state index contributed by atoms with van der Waals surface area (Å²) >= 11 is 0. The zero-order valence-electron chi connectivity index (χ0n) is 6.63. The van der Waals surface area contributed by atoms with Gasteiger partial charge in [0, 0.05) is 12.2 Å². The van der Waals surface area contributed by atoms with Crippen molar-refractivity contribution < 1.29 is 5.11 Å². The molecule has 11 heavy (non-hydrogen) atoms. The maximum Gasteiger partial charge on any atom is 0.178 e. The summed E-state index contributed by atoms with van der Waals surface area (Å²) in [4.78, 5) is 0. The molecule has 0 fully saturated rings. The van der Waals surface area contributed by atoms with Crippen LogP contribution in [0.25, 0.3) is 0 Å². The highest BCUT2D eigenvalue weighted by atomic mass is 16.3. The van der Waals surface area contributed by atoms with Gasteiger partial charge in [-0.3, -0.25) is 5.11 Å². The minimum absolute atomic E-state index is 0.0621. The maximum atomic E-state index is 10.7. The summed E-state index contributed by atoms with van der Waals surface area (Å²) in [5, 5.41) is 13.9. The van der Waals surface area contributed by atoms with Crippen LogP contribution >= 0.6 is 0 Å². The van der Waals surface area contributed by atoms with Gasteiger partial charge in [0.15, 0.2) is 5.75 Å². The van der Waals surface area contributed by atoms with Gasteiger partial charge in [-0.05, 0) is 30.7 Å². The van der Waals surface area contributed by atoms with E-state index < -0.39 is 0 Å². The monoisotopic (exact) mass is 150 g/mol. The summed E-state index contributed by atoms with van der Waals surface area (Å²) in [7, 11) is 0. The Morgan fingerprint density at radius 1 is 1.27 bits per heavy atom. The lowest BCUT2D eigenvalue weighted by Crippen LogP contribution is -1.98. The Balaban J connectivity index is 2.52. The molecule has 0 aromatic heterocycles. The predicted molar refractivity (Wildman–Crippen MR) is 45.4 cm³/mol. The first-order chi connectivity index (χ1) is 5.33. The van der Waals surface area contributed by atoms with Crippen molar-refractivity contribution in [1.82, 2.24) is 0 Å². The molecule has 0 aliphatic carbocycles. The predicted octanol–water partition coefficient (Wildman–Crippen LogP) is 2.65. The van der Waals surface area contributed by atoms with Crippen molar-refractivity contribution in [2.75, 3.05) is 11.9 Å². The summed E-state index contributed by atoms with van der Waals surface area (Å²) in [6.07, 6.45) is 1.10. The van der Waals surface area contributed by atoms with E-state index >= 15 is 0 Å². The first-order valence-electron chi connectivity index (χ1n) is 3.84. The minimum Gasteiger partial charge on any atom is -0.385 e. The number of anilines is 1. The fourth-order valence-electron chi connectivity index (χ4n) is 0.842. The number of hydrogen-bond acceptors (Lipinski definition) is 1. The molecule has 0 saturated heterocycles. The molecule has 0 bridgehead atoms. The van der Waals surface area contributed by atoms with Crippen molar-refractivity contribution in [1.29, 1.82) is 0 Å². The number of hydrogen-bond donors (Lipinski definition) is 1. The van der Waals surface area contributed by atoms with Crippen LogP contribution in [0.2, 0.25) is 0 Å². The molecule has 0 heterocycles. The van der Waals surface area contributed by atoms with E-state index in [1.54, 1.807) is 24.3 Å². The summed E-state index contributed by atoms with van der Waals surface area (Å²) in [6, 6.07) is 6.74. The van der Waals surface area contributed by atoms with Crippen LogP contribution in [0.1, 0.15) is 13.3 Å². The van der Waals surface area contributed by atoms with Gasteiger partial charge in [0.25, 0.3) is 0 Å². The summed E-state index contributed by atoms with van der Waals surface area (Å²) in [6.45, 7) is 3.06. The molecule has 0 atom stereocenters. The van der Waals surface area contributed by atoms with Gasteiger partial charge in [-0.15, -0.1) is 0 Å². The van der Waals surface area contributed by atoms with Gasteiger partial charge in [0.2, 0.25) is 0 Å². The zero-order valence-corrected chi connectivity index (χ0v) is 6.63. The summed E-state index contributed by atoms with van der Waals surface area (Å²) in [5.41, 5.74) is 1.02. The molecule has 1 radical (unpaired) electrons. The van der Waals surface area contributed by atoms with Gasteiger partial charge >= 0.3 is 0 Å². The van der Waals surface area contributed by atoms with Gasteiger partial charge in [0.05, 0.1) is 0 Å². The second-order valence-corrected chi connectivity index (χ2v) is 2.45. The zero-order chi connectivity index (χ0) is 8.10. The third-order valence-electron chi connectivity index (χ3n) is 1.43. The van der Waals surface area contributed by atoms with Crippen molar-refractivity contribution >= 4 is 5.69 Å². The Bertz CT molecular complexity index is 205. The van der Waals surface area contributed by atoms with Gasteiger partial charge in [-0.1, -0.05) is 6.92 Å².